The normalized spacial score (nSPS) is 15.1. The minimum atomic E-state index is -0.307. The molecule has 1 aliphatic heterocycles. The van der Waals surface area contributed by atoms with Gasteiger partial charge < -0.3 is 9.64 Å². The molecule has 1 aliphatic rings. The van der Waals surface area contributed by atoms with Gasteiger partial charge in [-0.15, -0.1) is 0 Å². The molecule has 2 rings (SSSR count). The number of hydrogen-bond donors (Lipinski definition) is 0. The second kappa shape index (κ2) is 4.35. The first-order valence-corrected chi connectivity index (χ1v) is 5.19. The fourth-order valence-electron chi connectivity index (χ4n) is 1.78. The summed E-state index contributed by atoms with van der Waals surface area (Å²) in [7, 11) is 0. The van der Waals surface area contributed by atoms with E-state index in [1.54, 1.807) is 11.0 Å². The van der Waals surface area contributed by atoms with E-state index in [4.69, 9.17) is 4.74 Å². The Hall–Kier alpha value is -1.84. The zero-order valence-electron chi connectivity index (χ0n) is 9.10. The van der Waals surface area contributed by atoms with E-state index >= 15 is 0 Å². The van der Waals surface area contributed by atoms with Gasteiger partial charge in [0.15, 0.2) is 5.78 Å². The molecule has 0 spiro atoms. The number of benzene rings is 1. The third-order valence-electron chi connectivity index (χ3n) is 2.60. The summed E-state index contributed by atoms with van der Waals surface area (Å²) in [6, 6.07) is 7.33. The van der Waals surface area contributed by atoms with Crippen LogP contribution in [0.4, 0.5) is 4.79 Å². The van der Waals surface area contributed by atoms with Crippen LogP contribution in [0.3, 0.4) is 0 Å². The van der Waals surface area contributed by atoms with Crippen LogP contribution >= 0.6 is 0 Å². The third kappa shape index (κ3) is 2.05. The number of ketones is 1. The number of cyclic esters (lactones) is 1. The smallest absolute Gasteiger partial charge is 0.410 e. The van der Waals surface area contributed by atoms with Crippen LogP contribution in [-0.2, 0) is 11.3 Å². The van der Waals surface area contributed by atoms with Gasteiger partial charge in [-0.1, -0.05) is 24.3 Å². The highest BCUT2D eigenvalue weighted by molar-refractivity contribution is 5.95. The monoisotopic (exact) mass is 219 g/mol. The Bertz CT molecular complexity index is 428. The summed E-state index contributed by atoms with van der Waals surface area (Å²) in [4.78, 5) is 24.3. The number of rotatable bonds is 3. The van der Waals surface area contributed by atoms with Gasteiger partial charge in [0.1, 0.15) is 6.61 Å². The Labute approximate surface area is 93.8 Å². The molecule has 0 unspecified atom stereocenters. The molecule has 4 nitrogen and oxygen atoms in total. The predicted molar refractivity (Wildman–Crippen MR) is 58.2 cm³/mol. The lowest BCUT2D eigenvalue weighted by molar-refractivity contribution is 0.101. The molecule has 0 N–H and O–H groups in total. The molecule has 0 atom stereocenters. The lowest BCUT2D eigenvalue weighted by Crippen LogP contribution is -2.24. The molecule has 1 aromatic carbocycles. The van der Waals surface area contributed by atoms with Crippen molar-refractivity contribution in [2.75, 3.05) is 13.2 Å². The first kappa shape index (κ1) is 10.7. The first-order valence-electron chi connectivity index (χ1n) is 5.19. The summed E-state index contributed by atoms with van der Waals surface area (Å²) < 4.78 is 4.84. The van der Waals surface area contributed by atoms with E-state index in [0.29, 0.717) is 25.3 Å². The molecule has 0 radical (unpaired) electrons. The maximum absolute atomic E-state index is 11.4. The maximum atomic E-state index is 11.4. The van der Waals surface area contributed by atoms with Gasteiger partial charge >= 0.3 is 6.09 Å². The van der Waals surface area contributed by atoms with Crippen molar-refractivity contribution in [3.63, 3.8) is 0 Å². The van der Waals surface area contributed by atoms with Gasteiger partial charge in [0.05, 0.1) is 6.54 Å². The van der Waals surface area contributed by atoms with Crippen LogP contribution in [0.1, 0.15) is 22.8 Å². The van der Waals surface area contributed by atoms with E-state index in [1.807, 2.05) is 18.2 Å². The minimum Gasteiger partial charge on any atom is -0.448 e. The summed E-state index contributed by atoms with van der Waals surface area (Å²) >= 11 is 0. The largest absolute Gasteiger partial charge is 0.448 e. The van der Waals surface area contributed by atoms with Crippen molar-refractivity contribution in [2.24, 2.45) is 0 Å². The number of carbonyl (C=O) groups is 2. The molecular weight excluding hydrogens is 206 g/mol. The summed E-state index contributed by atoms with van der Waals surface area (Å²) in [5, 5.41) is 0. The van der Waals surface area contributed by atoms with Crippen molar-refractivity contribution in [1.82, 2.24) is 4.90 Å². The molecule has 1 aromatic rings. The molecule has 4 heteroatoms. The number of carbonyl (C=O) groups excluding carboxylic acids is 2. The topological polar surface area (TPSA) is 46.6 Å². The van der Waals surface area contributed by atoms with E-state index in [-0.39, 0.29) is 11.9 Å². The standard InChI is InChI=1S/C12H13NO3/c1-9(14)11-5-3-2-4-10(11)8-13-6-7-16-12(13)15/h2-5H,6-8H2,1H3. The summed E-state index contributed by atoms with van der Waals surface area (Å²) in [5.41, 5.74) is 1.54. The molecule has 0 saturated carbocycles. The minimum absolute atomic E-state index is 0.0168. The van der Waals surface area contributed by atoms with Crippen LogP contribution in [0, 0.1) is 0 Å². The lowest BCUT2D eigenvalue weighted by atomic mass is 10.0. The quantitative estimate of drug-likeness (QED) is 0.729. The third-order valence-corrected chi connectivity index (χ3v) is 2.60. The molecule has 0 aromatic heterocycles. The molecule has 1 fully saturated rings. The molecule has 1 heterocycles. The van der Waals surface area contributed by atoms with Crippen molar-refractivity contribution >= 4 is 11.9 Å². The average Bonchev–Trinajstić information content (AvgIpc) is 2.65. The van der Waals surface area contributed by atoms with Gasteiger partial charge in [-0.25, -0.2) is 4.79 Å². The van der Waals surface area contributed by atoms with Gasteiger partial charge in [0.2, 0.25) is 0 Å². The first-order chi connectivity index (χ1) is 7.68. The van der Waals surface area contributed by atoms with Crippen LogP contribution < -0.4 is 0 Å². The zero-order chi connectivity index (χ0) is 11.5. The number of ether oxygens (including phenoxy) is 1. The molecular formula is C12H13NO3. The van der Waals surface area contributed by atoms with Crippen molar-refractivity contribution in [3.05, 3.63) is 35.4 Å². The second-order valence-corrected chi connectivity index (χ2v) is 3.75. The number of amides is 1. The Morgan fingerprint density at radius 1 is 1.44 bits per heavy atom. The zero-order valence-corrected chi connectivity index (χ0v) is 9.10. The van der Waals surface area contributed by atoms with E-state index in [2.05, 4.69) is 0 Å². The molecule has 16 heavy (non-hydrogen) atoms. The van der Waals surface area contributed by atoms with Gasteiger partial charge in [-0.2, -0.15) is 0 Å². The highest BCUT2D eigenvalue weighted by atomic mass is 16.6. The lowest BCUT2D eigenvalue weighted by Gasteiger charge is -2.14. The molecule has 0 bridgehead atoms. The predicted octanol–water partition coefficient (Wildman–Crippen LogP) is 1.84. The van der Waals surface area contributed by atoms with E-state index < -0.39 is 0 Å². The summed E-state index contributed by atoms with van der Waals surface area (Å²) in [6.07, 6.45) is -0.307. The van der Waals surface area contributed by atoms with Crippen LogP contribution in [-0.4, -0.2) is 29.9 Å². The number of Topliss-reactive ketones (excluding diaryl/α,β-unsaturated/α-hetero) is 1. The highest BCUT2D eigenvalue weighted by Crippen LogP contribution is 2.15. The van der Waals surface area contributed by atoms with Gasteiger partial charge in [0.25, 0.3) is 0 Å². The maximum Gasteiger partial charge on any atom is 0.410 e. The molecule has 1 saturated heterocycles. The van der Waals surface area contributed by atoms with Crippen molar-refractivity contribution in [3.8, 4) is 0 Å². The molecule has 84 valence electrons. The van der Waals surface area contributed by atoms with E-state index in [1.165, 1.54) is 6.92 Å². The Kier molecular flexibility index (Phi) is 2.90. The van der Waals surface area contributed by atoms with Gasteiger partial charge in [0, 0.05) is 12.1 Å². The molecule has 1 amide bonds. The Morgan fingerprint density at radius 2 is 2.19 bits per heavy atom. The van der Waals surface area contributed by atoms with Crippen molar-refractivity contribution in [2.45, 2.75) is 13.5 Å². The van der Waals surface area contributed by atoms with Crippen LogP contribution in [0.15, 0.2) is 24.3 Å². The molecule has 0 aliphatic carbocycles. The average molecular weight is 219 g/mol. The SMILES string of the molecule is CC(=O)c1ccccc1CN1CCOC1=O. The van der Waals surface area contributed by atoms with E-state index in [9.17, 15) is 9.59 Å². The number of hydrogen-bond acceptors (Lipinski definition) is 3. The van der Waals surface area contributed by atoms with Crippen LogP contribution in [0.5, 0.6) is 0 Å². The fraction of sp³-hybridized carbons (Fsp3) is 0.333. The Morgan fingerprint density at radius 3 is 2.81 bits per heavy atom. The second-order valence-electron chi connectivity index (χ2n) is 3.75. The van der Waals surface area contributed by atoms with Gasteiger partial charge in [-0.3, -0.25) is 4.79 Å². The Balaban J connectivity index is 2.20. The van der Waals surface area contributed by atoms with Gasteiger partial charge in [-0.05, 0) is 12.5 Å². The number of nitrogens with zero attached hydrogens (tertiary/aromatic N) is 1. The highest BCUT2D eigenvalue weighted by Gasteiger charge is 2.22. The van der Waals surface area contributed by atoms with Crippen molar-refractivity contribution in [1.29, 1.82) is 0 Å². The fourth-order valence-corrected chi connectivity index (χ4v) is 1.78. The van der Waals surface area contributed by atoms with E-state index in [0.717, 1.165) is 5.56 Å². The summed E-state index contributed by atoms with van der Waals surface area (Å²) in [6.45, 7) is 2.99. The van der Waals surface area contributed by atoms with Crippen LogP contribution in [0.2, 0.25) is 0 Å². The summed E-state index contributed by atoms with van der Waals surface area (Å²) in [5.74, 6) is 0.0168. The van der Waals surface area contributed by atoms with Crippen LogP contribution in [0.25, 0.3) is 0 Å². The van der Waals surface area contributed by atoms with Crippen molar-refractivity contribution < 1.29 is 14.3 Å².